The topological polar surface area (TPSA) is 76.9 Å². The number of aromatic nitrogens is 3. The third kappa shape index (κ3) is 3.62. The highest BCUT2D eigenvalue weighted by Gasteiger charge is 2.09. The molecule has 3 aromatic rings. The van der Waals surface area contributed by atoms with Gasteiger partial charge in [0.2, 0.25) is 5.91 Å². The molecule has 0 aliphatic carbocycles. The van der Waals surface area contributed by atoms with Gasteiger partial charge < -0.3 is 5.32 Å². The quantitative estimate of drug-likeness (QED) is 0.570. The van der Waals surface area contributed by atoms with E-state index in [0.29, 0.717) is 34.1 Å². The summed E-state index contributed by atoms with van der Waals surface area (Å²) in [5.74, 6) is 0.938. The average molecular weight is 340 g/mol. The number of nitrogens with zero attached hydrogens (tertiary/aromatic N) is 3. The van der Waals surface area contributed by atoms with Gasteiger partial charge in [0, 0.05) is 25.4 Å². The number of fused-ring (bicyclic) bond motifs is 1. The maximum Gasteiger partial charge on any atom is 0.261 e. The van der Waals surface area contributed by atoms with Crippen LogP contribution in [0.15, 0.2) is 58.6 Å². The molecular formula is C17H16N4O2S. The van der Waals surface area contributed by atoms with Crippen LogP contribution in [0.1, 0.15) is 6.42 Å². The van der Waals surface area contributed by atoms with Crippen LogP contribution in [0.25, 0.3) is 10.9 Å². The smallest absolute Gasteiger partial charge is 0.261 e. The minimum Gasteiger partial charge on any atom is -0.311 e. The summed E-state index contributed by atoms with van der Waals surface area (Å²) < 4.78 is 1.52. The van der Waals surface area contributed by atoms with E-state index in [-0.39, 0.29) is 11.5 Å². The monoisotopic (exact) mass is 340 g/mol. The molecule has 0 saturated carbocycles. The SMILES string of the molecule is Cn1c(SCCC(=O)Nc2ccccn2)nc2ccccc2c1=O. The third-order valence-electron chi connectivity index (χ3n) is 3.43. The van der Waals surface area contributed by atoms with E-state index in [1.165, 1.54) is 16.3 Å². The number of hydrogen-bond acceptors (Lipinski definition) is 5. The fourth-order valence-corrected chi connectivity index (χ4v) is 3.11. The fraction of sp³-hybridized carbons (Fsp3) is 0.176. The summed E-state index contributed by atoms with van der Waals surface area (Å²) in [4.78, 5) is 32.8. The van der Waals surface area contributed by atoms with Crippen molar-refractivity contribution in [3.63, 3.8) is 0 Å². The van der Waals surface area contributed by atoms with Crippen molar-refractivity contribution >= 4 is 34.4 Å². The molecule has 24 heavy (non-hydrogen) atoms. The molecule has 6 nitrogen and oxygen atoms in total. The first-order chi connectivity index (χ1) is 11.6. The number of hydrogen-bond donors (Lipinski definition) is 1. The first kappa shape index (κ1) is 16.2. The Kier molecular flexibility index (Phi) is 4.90. The lowest BCUT2D eigenvalue weighted by Crippen LogP contribution is -2.20. The molecule has 0 bridgehead atoms. The summed E-state index contributed by atoms with van der Waals surface area (Å²) >= 11 is 1.39. The van der Waals surface area contributed by atoms with Gasteiger partial charge in [0.1, 0.15) is 5.82 Å². The van der Waals surface area contributed by atoms with Gasteiger partial charge >= 0.3 is 0 Å². The van der Waals surface area contributed by atoms with Gasteiger partial charge in [-0.2, -0.15) is 0 Å². The van der Waals surface area contributed by atoms with E-state index in [0.717, 1.165) is 0 Å². The van der Waals surface area contributed by atoms with Gasteiger partial charge in [-0.25, -0.2) is 9.97 Å². The number of nitrogens with one attached hydrogen (secondary N) is 1. The highest BCUT2D eigenvalue weighted by atomic mass is 32.2. The largest absolute Gasteiger partial charge is 0.311 e. The molecule has 1 amide bonds. The van der Waals surface area contributed by atoms with Crippen molar-refractivity contribution in [3.05, 3.63) is 59.0 Å². The third-order valence-corrected chi connectivity index (χ3v) is 4.47. The standard InChI is InChI=1S/C17H16N4O2S/c1-21-16(23)12-6-2-3-7-13(12)19-17(21)24-11-9-15(22)20-14-8-4-5-10-18-14/h2-8,10H,9,11H2,1H3,(H,18,20,22). The summed E-state index contributed by atoms with van der Waals surface area (Å²) in [5, 5.41) is 3.93. The van der Waals surface area contributed by atoms with E-state index in [4.69, 9.17) is 0 Å². The van der Waals surface area contributed by atoms with Crippen molar-refractivity contribution in [2.45, 2.75) is 11.6 Å². The van der Waals surface area contributed by atoms with Gasteiger partial charge in [0.15, 0.2) is 5.16 Å². The lowest BCUT2D eigenvalue weighted by atomic mass is 10.2. The number of rotatable bonds is 5. The number of anilines is 1. The number of para-hydroxylation sites is 1. The van der Waals surface area contributed by atoms with Crippen LogP contribution in [0.2, 0.25) is 0 Å². The molecule has 3 rings (SSSR count). The number of thioether (sulfide) groups is 1. The van der Waals surface area contributed by atoms with Gasteiger partial charge in [-0.15, -0.1) is 0 Å². The van der Waals surface area contributed by atoms with Crippen molar-refractivity contribution in [2.24, 2.45) is 7.05 Å². The summed E-state index contributed by atoms with van der Waals surface area (Å²) in [5.41, 5.74) is 0.585. The Labute approximate surface area is 142 Å². The Bertz CT molecular complexity index is 925. The van der Waals surface area contributed by atoms with Crippen LogP contribution in [0.5, 0.6) is 0 Å². The summed E-state index contributed by atoms with van der Waals surface area (Å²) in [7, 11) is 1.69. The Morgan fingerprint density at radius 3 is 2.79 bits per heavy atom. The van der Waals surface area contributed by atoms with Gasteiger partial charge in [-0.1, -0.05) is 30.0 Å². The van der Waals surface area contributed by atoms with Crippen molar-refractivity contribution in [3.8, 4) is 0 Å². The summed E-state index contributed by atoms with van der Waals surface area (Å²) in [6.07, 6.45) is 1.93. The molecule has 0 fully saturated rings. The molecule has 1 N–H and O–H groups in total. The minimum absolute atomic E-state index is 0.0824. The first-order valence-corrected chi connectivity index (χ1v) is 8.43. The average Bonchev–Trinajstić information content (AvgIpc) is 2.60. The van der Waals surface area contributed by atoms with E-state index in [9.17, 15) is 9.59 Å². The maximum atomic E-state index is 12.3. The molecule has 122 valence electrons. The van der Waals surface area contributed by atoms with Gasteiger partial charge in [0.25, 0.3) is 5.56 Å². The molecule has 2 heterocycles. The second-order valence-corrected chi connectivity index (χ2v) is 6.20. The van der Waals surface area contributed by atoms with Crippen molar-refractivity contribution in [2.75, 3.05) is 11.1 Å². The Morgan fingerprint density at radius 1 is 1.21 bits per heavy atom. The number of carbonyl (C=O) groups is 1. The van der Waals surface area contributed by atoms with E-state index < -0.39 is 0 Å². The van der Waals surface area contributed by atoms with Crippen LogP contribution in [-0.2, 0) is 11.8 Å². The molecule has 0 saturated heterocycles. The van der Waals surface area contributed by atoms with Crippen LogP contribution >= 0.6 is 11.8 Å². The lowest BCUT2D eigenvalue weighted by molar-refractivity contribution is -0.115. The van der Waals surface area contributed by atoms with Crippen LogP contribution < -0.4 is 10.9 Å². The van der Waals surface area contributed by atoms with E-state index in [2.05, 4.69) is 15.3 Å². The van der Waals surface area contributed by atoms with Crippen LogP contribution in [0, 0.1) is 0 Å². The molecule has 0 unspecified atom stereocenters. The van der Waals surface area contributed by atoms with Crippen LogP contribution in [0.4, 0.5) is 5.82 Å². The van der Waals surface area contributed by atoms with E-state index in [1.54, 1.807) is 31.4 Å². The zero-order chi connectivity index (χ0) is 16.9. The zero-order valence-corrected chi connectivity index (χ0v) is 13.9. The molecule has 1 aromatic carbocycles. The molecule has 0 aliphatic rings. The Hall–Kier alpha value is -2.67. The molecule has 2 aromatic heterocycles. The predicted molar refractivity (Wildman–Crippen MR) is 95.2 cm³/mol. The Balaban J connectivity index is 1.65. The van der Waals surface area contributed by atoms with Crippen molar-refractivity contribution in [1.82, 2.24) is 14.5 Å². The fourth-order valence-electron chi connectivity index (χ4n) is 2.20. The van der Waals surface area contributed by atoms with E-state index >= 15 is 0 Å². The van der Waals surface area contributed by atoms with Gasteiger partial charge in [-0.3, -0.25) is 14.2 Å². The highest BCUT2D eigenvalue weighted by Crippen LogP contribution is 2.17. The highest BCUT2D eigenvalue weighted by molar-refractivity contribution is 7.99. The second kappa shape index (κ2) is 7.27. The molecule has 0 aliphatic heterocycles. The molecule has 0 radical (unpaired) electrons. The van der Waals surface area contributed by atoms with Gasteiger partial charge in [-0.05, 0) is 24.3 Å². The molecule has 0 atom stereocenters. The maximum absolute atomic E-state index is 12.3. The van der Waals surface area contributed by atoms with Gasteiger partial charge in [0.05, 0.1) is 10.9 Å². The molecule has 0 spiro atoms. The number of carbonyl (C=O) groups excluding carboxylic acids is 1. The van der Waals surface area contributed by atoms with Crippen molar-refractivity contribution in [1.29, 1.82) is 0 Å². The van der Waals surface area contributed by atoms with E-state index in [1.807, 2.05) is 24.3 Å². The molecular weight excluding hydrogens is 324 g/mol. The van der Waals surface area contributed by atoms with Crippen molar-refractivity contribution < 1.29 is 4.79 Å². The number of pyridine rings is 1. The summed E-state index contributed by atoms with van der Waals surface area (Å²) in [6, 6.07) is 12.6. The Morgan fingerprint density at radius 2 is 2.00 bits per heavy atom. The van der Waals surface area contributed by atoms with Crippen LogP contribution in [0.3, 0.4) is 0 Å². The zero-order valence-electron chi connectivity index (χ0n) is 13.1. The minimum atomic E-state index is -0.119. The number of benzene rings is 1. The molecule has 7 heteroatoms. The normalized spacial score (nSPS) is 10.7. The first-order valence-electron chi connectivity index (χ1n) is 7.44. The predicted octanol–water partition coefficient (Wildman–Crippen LogP) is 2.45. The number of amides is 1. The summed E-state index contributed by atoms with van der Waals surface area (Å²) in [6.45, 7) is 0. The van der Waals surface area contributed by atoms with Crippen LogP contribution in [-0.4, -0.2) is 26.2 Å². The lowest BCUT2D eigenvalue weighted by Gasteiger charge is -2.08. The second-order valence-electron chi connectivity index (χ2n) is 5.14.